The molecule has 24 heavy (non-hydrogen) atoms. The van der Waals surface area contributed by atoms with Crippen LogP contribution in [0.25, 0.3) is 0 Å². The van der Waals surface area contributed by atoms with Crippen molar-refractivity contribution in [2.45, 2.75) is 6.54 Å². The average Bonchev–Trinajstić information content (AvgIpc) is 2.61. The largest absolute Gasteiger partial charge is 0.381 e. The number of anilines is 2. The second-order valence-corrected chi connectivity index (χ2v) is 5.54. The molecule has 0 bridgehead atoms. The predicted octanol–water partition coefficient (Wildman–Crippen LogP) is 3.99. The van der Waals surface area contributed by atoms with Crippen LogP contribution < -0.4 is 10.6 Å². The summed E-state index contributed by atoms with van der Waals surface area (Å²) >= 11 is 5.92. The van der Waals surface area contributed by atoms with Crippen molar-refractivity contribution >= 4 is 28.9 Å². The molecule has 1 aromatic carbocycles. The summed E-state index contributed by atoms with van der Waals surface area (Å²) in [5, 5.41) is 6.60. The molecule has 2 heterocycles. The van der Waals surface area contributed by atoms with Crippen LogP contribution in [0, 0.1) is 0 Å². The number of pyridine rings is 2. The van der Waals surface area contributed by atoms with Crippen molar-refractivity contribution in [2.75, 3.05) is 10.6 Å². The first-order valence-corrected chi connectivity index (χ1v) is 7.74. The number of hydrogen-bond donors (Lipinski definition) is 2. The van der Waals surface area contributed by atoms with Crippen LogP contribution in [0.5, 0.6) is 0 Å². The van der Waals surface area contributed by atoms with Crippen LogP contribution in [0.3, 0.4) is 0 Å². The van der Waals surface area contributed by atoms with Gasteiger partial charge in [-0.15, -0.1) is 0 Å². The molecule has 0 radical (unpaired) electrons. The van der Waals surface area contributed by atoms with Gasteiger partial charge in [-0.1, -0.05) is 17.7 Å². The number of hydrogen-bond acceptors (Lipinski definition) is 4. The van der Waals surface area contributed by atoms with Gasteiger partial charge >= 0.3 is 0 Å². The highest BCUT2D eigenvalue weighted by Gasteiger charge is 2.08. The lowest BCUT2D eigenvalue weighted by molar-refractivity contribution is 0.102. The lowest BCUT2D eigenvalue weighted by Crippen LogP contribution is -2.14. The molecule has 0 aliphatic rings. The molecule has 5 nitrogen and oxygen atoms in total. The monoisotopic (exact) mass is 338 g/mol. The fourth-order valence-electron chi connectivity index (χ4n) is 2.13. The van der Waals surface area contributed by atoms with Crippen molar-refractivity contribution < 1.29 is 4.79 Å². The summed E-state index contributed by atoms with van der Waals surface area (Å²) in [5.41, 5.74) is 2.88. The first kappa shape index (κ1) is 16.0. The molecule has 6 heteroatoms. The van der Waals surface area contributed by atoms with Gasteiger partial charge in [-0.05, 0) is 48.0 Å². The van der Waals surface area contributed by atoms with E-state index in [4.69, 9.17) is 11.6 Å². The molecule has 3 aromatic rings. The number of halogens is 1. The van der Waals surface area contributed by atoms with Gasteiger partial charge in [-0.25, -0.2) is 0 Å². The van der Waals surface area contributed by atoms with E-state index in [1.807, 2.05) is 18.2 Å². The number of carbonyl (C=O) groups is 1. The molecule has 0 atom stereocenters. The highest BCUT2D eigenvalue weighted by molar-refractivity contribution is 6.30. The van der Waals surface area contributed by atoms with Gasteiger partial charge in [0.05, 0.1) is 0 Å². The Morgan fingerprint density at radius 1 is 1.00 bits per heavy atom. The molecule has 1 amide bonds. The molecule has 0 spiro atoms. The maximum atomic E-state index is 12.3. The molecule has 2 aromatic heterocycles. The minimum absolute atomic E-state index is 0.287. The van der Waals surface area contributed by atoms with E-state index in [0.717, 1.165) is 11.3 Å². The lowest BCUT2D eigenvalue weighted by Gasteiger charge is -2.09. The van der Waals surface area contributed by atoms with Crippen LogP contribution >= 0.6 is 11.6 Å². The SMILES string of the molecule is O=C(Nc1cccc(Cl)c1)c1cc(NCc2ccncc2)ccn1. The van der Waals surface area contributed by atoms with Crippen LogP contribution in [0.4, 0.5) is 11.4 Å². The predicted molar refractivity (Wildman–Crippen MR) is 95.2 cm³/mol. The smallest absolute Gasteiger partial charge is 0.274 e. The zero-order valence-electron chi connectivity index (χ0n) is 12.7. The summed E-state index contributed by atoms with van der Waals surface area (Å²) in [6, 6.07) is 14.4. The van der Waals surface area contributed by atoms with E-state index in [-0.39, 0.29) is 5.91 Å². The Bertz CT molecular complexity index is 839. The zero-order valence-corrected chi connectivity index (χ0v) is 13.5. The third-order valence-corrected chi connectivity index (χ3v) is 3.56. The van der Waals surface area contributed by atoms with E-state index in [0.29, 0.717) is 22.9 Å². The fourth-order valence-corrected chi connectivity index (χ4v) is 2.32. The quantitative estimate of drug-likeness (QED) is 0.738. The van der Waals surface area contributed by atoms with Crippen LogP contribution in [-0.2, 0) is 6.54 Å². The van der Waals surface area contributed by atoms with Crippen molar-refractivity contribution in [1.29, 1.82) is 0 Å². The van der Waals surface area contributed by atoms with Crippen LogP contribution in [0.15, 0.2) is 67.1 Å². The summed E-state index contributed by atoms with van der Waals surface area (Å²) in [5.74, 6) is -0.287. The van der Waals surface area contributed by atoms with Crippen LogP contribution in [0.1, 0.15) is 16.1 Å². The Hall–Kier alpha value is -2.92. The first-order valence-electron chi connectivity index (χ1n) is 7.36. The number of benzene rings is 1. The van der Waals surface area contributed by atoms with Gasteiger partial charge in [0, 0.05) is 41.5 Å². The van der Waals surface area contributed by atoms with E-state index >= 15 is 0 Å². The Morgan fingerprint density at radius 3 is 2.62 bits per heavy atom. The van der Waals surface area contributed by atoms with E-state index in [9.17, 15) is 4.79 Å². The molecular formula is C18H15ClN4O. The molecule has 0 aliphatic heterocycles. The summed E-state index contributed by atoms with van der Waals surface area (Å²) in [6.07, 6.45) is 5.09. The zero-order chi connectivity index (χ0) is 16.8. The molecule has 0 unspecified atom stereocenters. The van der Waals surface area contributed by atoms with Crippen LogP contribution in [-0.4, -0.2) is 15.9 Å². The maximum absolute atomic E-state index is 12.3. The van der Waals surface area contributed by atoms with Gasteiger partial charge in [-0.2, -0.15) is 0 Å². The van der Waals surface area contributed by atoms with Gasteiger partial charge in [-0.3, -0.25) is 14.8 Å². The number of nitrogens with zero attached hydrogens (tertiary/aromatic N) is 2. The Balaban J connectivity index is 1.67. The van der Waals surface area contributed by atoms with Gasteiger partial charge in [0.15, 0.2) is 0 Å². The fraction of sp³-hybridized carbons (Fsp3) is 0.0556. The summed E-state index contributed by atoms with van der Waals surface area (Å²) in [6.45, 7) is 0.641. The van der Waals surface area contributed by atoms with Crippen molar-refractivity contribution in [3.63, 3.8) is 0 Å². The van der Waals surface area contributed by atoms with Crippen molar-refractivity contribution in [3.05, 3.63) is 83.4 Å². The van der Waals surface area contributed by atoms with Gasteiger partial charge in [0.1, 0.15) is 5.69 Å². The Kier molecular flexibility index (Phi) is 5.03. The highest BCUT2D eigenvalue weighted by Crippen LogP contribution is 2.16. The Morgan fingerprint density at radius 2 is 1.83 bits per heavy atom. The number of carbonyl (C=O) groups excluding carboxylic acids is 1. The number of aromatic nitrogens is 2. The molecule has 120 valence electrons. The van der Waals surface area contributed by atoms with Gasteiger partial charge in [0.25, 0.3) is 5.91 Å². The number of nitrogens with one attached hydrogen (secondary N) is 2. The third kappa shape index (κ3) is 4.30. The second kappa shape index (κ2) is 7.57. The molecular weight excluding hydrogens is 324 g/mol. The summed E-state index contributed by atoms with van der Waals surface area (Å²) < 4.78 is 0. The second-order valence-electron chi connectivity index (χ2n) is 5.10. The van der Waals surface area contributed by atoms with Crippen molar-refractivity contribution in [1.82, 2.24) is 9.97 Å². The van der Waals surface area contributed by atoms with Gasteiger partial charge in [0.2, 0.25) is 0 Å². The third-order valence-electron chi connectivity index (χ3n) is 3.32. The van der Waals surface area contributed by atoms with Crippen molar-refractivity contribution in [2.24, 2.45) is 0 Å². The van der Waals surface area contributed by atoms with Crippen molar-refractivity contribution in [3.8, 4) is 0 Å². The standard InChI is InChI=1S/C18H15ClN4O/c19-14-2-1-3-16(10-14)23-18(24)17-11-15(6-9-21-17)22-12-13-4-7-20-8-5-13/h1-11H,12H2,(H,21,22)(H,23,24). The Labute approximate surface area is 144 Å². The maximum Gasteiger partial charge on any atom is 0.274 e. The van der Waals surface area contributed by atoms with E-state index < -0.39 is 0 Å². The minimum atomic E-state index is -0.287. The normalized spacial score (nSPS) is 10.2. The first-order chi connectivity index (χ1) is 11.7. The molecule has 0 fully saturated rings. The summed E-state index contributed by atoms with van der Waals surface area (Å²) in [4.78, 5) is 20.4. The number of rotatable bonds is 5. The van der Waals surface area contributed by atoms with E-state index in [1.165, 1.54) is 0 Å². The van der Waals surface area contributed by atoms with E-state index in [1.54, 1.807) is 48.9 Å². The average molecular weight is 339 g/mol. The molecule has 3 rings (SSSR count). The molecule has 0 aliphatic carbocycles. The summed E-state index contributed by atoms with van der Waals surface area (Å²) in [7, 11) is 0. The van der Waals surface area contributed by atoms with Crippen LogP contribution in [0.2, 0.25) is 5.02 Å². The molecule has 0 saturated carbocycles. The minimum Gasteiger partial charge on any atom is -0.381 e. The van der Waals surface area contributed by atoms with E-state index in [2.05, 4.69) is 20.6 Å². The van der Waals surface area contributed by atoms with Gasteiger partial charge < -0.3 is 10.6 Å². The highest BCUT2D eigenvalue weighted by atomic mass is 35.5. The molecule has 2 N–H and O–H groups in total. The molecule has 0 saturated heterocycles. The number of amides is 1. The topological polar surface area (TPSA) is 66.9 Å². The lowest BCUT2D eigenvalue weighted by atomic mass is 10.2.